The van der Waals surface area contributed by atoms with Crippen molar-refractivity contribution in [3.05, 3.63) is 24.3 Å². The second kappa shape index (κ2) is 2.27. The molecule has 0 aromatic heterocycles. The number of fused-ring (bicyclic) bond motifs is 1. The second-order valence-corrected chi connectivity index (χ2v) is 2.38. The number of hydrogen-bond acceptors (Lipinski definition) is 2. The summed E-state index contributed by atoms with van der Waals surface area (Å²) in [6, 6.07) is 7.50. The monoisotopic (exact) mass is 147 g/mol. The van der Waals surface area contributed by atoms with E-state index >= 15 is 0 Å². The van der Waals surface area contributed by atoms with Gasteiger partial charge in [0.05, 0.1) is 17.9 Å². The van der Waals surface area contributed by atoms with Crippen LogP contribution in [-0.4, -0.2) is 12.5 Å². The molecule has 0 bridgehead atoms. The highest BCUT2D eigenvalue weighted by atomic mass is 16.2. The topological polar surface area (TPSA) is 43.2 Å². The number of rotatable bonds is 0. The van der Waals surface area contributed by atoms with Gasteiger partial charge in [0.1, 0.15) is 0 Å². The van der Waals surface area contributed by atoms with Gasteiger partial charge in [-0.2, -0.15) is 0 Å². The smallest absolute Gasteiger partial charge is 0.265 e. The predicted molar refractivity (Wildman–Crippen MR) is 41.7 cm³/mol. The highest BCUT2D eigenvalue weighted by Crippen LogP contribution is 2.23. The van der Waals surface area contributed by atoms with Crippen LogP contribution >= 0.6 is 0 Å². The molecule has 1 heterocycles. The van der Waals surface area contributed by atoms with E-state index in [1.807, 2.05) is 24.3 Å². The van der Waals surface area contributed by atoms with E-state index in [0.717, 1.165) is 11.4 Å². The summed E-state index contributed by atoms with van der Waals surface area (Å²) in [6.07, 6.45) is 0. The van der Waals surface area contributed by atoms with Crippen molar-refractivity contribution in [2.45, 2.75) is 0 Å². The normalized spacial score (nSPS) is 14.7. The molecule has 1 N–H and O–H groups in total. The molecule has 2 rings (SSSR count). The van der Waals surface area contributed by atoms with E-state index in [9.17, 15) is 4.79 Å². The zero-order chi connectivity index (χ0) is 7.68. The number of nitrogens with one attached hydrogen (secondary N) is 1. The lowest BCUT2D eigenvalue weighted by molar-refractivity contribution is -0.118. The summed E-state index contributed by atoms with van der Waals surface area (Å²) in [7, 11) is 0. The fourth-order valence-electron chi connectivity index (χ4n) is 1.07. The highest BCUT2D eigenvalue weighted by Gasteiger charge is 2.13. The van der Waals surface area contributed by atoms with Crippen molar-refractivity contribution in [3.63, 3.8) is 0 Å². The van der Waals surface area contributed by atoms with Crippen molar-refractivity contribution >= 4 is 17.3 Å². The Balaban J connectivity index is 2.41. The molecule has 55 valence electrons. The van der Waals surface area contributed by atoms with E-state index in [-0.39, 0.29) is 5.91 Å². The van der Waals surface area contributed by atoms with Crippen molar-refractivity contribution in [2.75, 3.05) is 11.9 Å². The Bertz CT molecular complexity index is 296. The van der Waals surface area contributed by atoms with Crippen LogP contribution in [0.25, 0.3) is 0 Å². The van der Waals surface area contributed by atoms with Gasteiger partial charge >= 0.3 is 0 Å². The summed E-state index contributed by atoms with van der Waals surface area (Å²) in [4.78, 5) is 10.8. The third-order valence-electron chi connectivity index (χ3n) is 1.58. The van der Waals surface area contributed by atoms with Gasteiger partial charge in [-0.25, -0.2) is 5.32 Å². The first-order valence-corrected chi connectivity index (χ1v) is 3.44. The Labute approximate surface area is 64.4 Å². The minimum Gasteiger partial charge on any atom is -0.374 e. The Morgan fingerprint density at radius 2 is 2.18 bits per heavy atom. The molecule has 0 unspecified atom stereocenters. The van der Waals surface area contributed by atoms with Gasteiger partial charge in [0.25, 0.3) is 5.91 Å². The molecule has 11 heavy (non-hydrogen) atoms. The van der Waals surface area contributed by atoms with Gasteiger partial charge in [-0.1, -0.05) is 12.1 Å². The SMILES string of the molecule is O=C1CNc2ccccc2[N]1. The lowest BCUT2D eigenvalue weighted by atomic mass is 10.2. The van der Waals surface area contributed by atoms with E-state index < -0.39 is 0 Å². The first-order chi connectivity index (χ1) is 5.36. The molecule has 1 aromatic carbocycles. The standard InChI is InChI=1S/C8H7N2O/c11-8-5-9-6-3-1-2-4-7(6)10-8/h1-4,9H,5H2. The van der Waals surface area contributed by atoms with Crippen molar-refractivity contribution < 1.29 is 4.79 Å². The third kappa shape index (κ3) is 1.05. The Hall–Kier alpha value is -1.51. The Morgan fingerprint density at radius 1 is 1.36 bits per heavy atom. The molecule has 0 aliphatic carbocycles. The summed E-state index contributed by atoms with van der Waals surface area (Å²) < 4.78 is 0. The zero-order valence-electron chi connectivity index (χ0n) is 5.87. The fourth-order valence-corrected chi connectivity index (χ4v) is 1.07. The lowest BCUT2D eigenvalue weighted by Gasteiger charge is -2.15. The minimum atomic E-state index is -0.108. The summed E-state index contributed by atoms with van der Waals surface area (Å²) in [5.74, 6) is -0.108. The van der Waals surface area contributed by atoms with Crippen molar-refractivity contribution in [1.82, 2.24) is 5.32 Å². The number of nitrogens with zero attached hydrogens (tertiary/aromatic N) is 1. The first kappa shape index (κ1) is 6.22. The molecular formula is C8H7N2O. The number of anilines is 1. The number of carbonyl (C=O) groups excluding carboxylic acids is 1. The van der Waals surface area contributed by atoms with E-state index in [1.54, 1.807) is 0 Å². The lowest BCUT2D eigenvalue weighted by Crippen LogP contribution is -2.26. The average Bonchev–Trinajstić information content (AvgIpc) is 2.04. The third-order valence-corrected chi connectivity index (χ3v) is 1.58. The molecular weight excluding hydrogens is 140 g/mol. The Morgan fingerprint density at radius 3 is 3.09 bits per heavy atom. The summed E-state index contributed by atoms with van der Waals surface area (Å²) >= 11 is 0. The van der Waals surface area contributed by atoms with Gasteiger partial charge < -0.3 is 5.32 Å². The highest BCUT2D eigenvalue weighted by molar-refractivity contribution is 5.91. The van der Waals surface area contributed by atoms with E-state index in [1.165, 1.54) is 0 Å². The van der Waals surface area contributed by atoms with Crippen LogP contribution in [0.2, 0.25) is 0 Å². The molecule has 0 atom stereocenters. The number of amides is 1. The van der Waals surface area contributed by atoms with Crippen LogP contribution in [0.1, 0.15) is 0 Å². The molecule has 1 amide bonds. The maximum absolute atomic E-state index is 10.8. The van der Waals surface area contributed by atoms with Gasteiger partial charge in [-0.15, -0.1) is 0 Å². The van der Waals surface area contributed by atoms with Gasteiger partial charge in [0, 0.05) is 0 Å². The Kier molecular flexibility index (Phi) is 1.28. The van der Waals surface area contributed by atoms with Crippen LogP contribution in [0.5, 0.6) is 0 Å². The van der Waals surface area contributed by atoms with Gasteiger partial charge in [0.2, 0.25) is 0 Å². The summed E-state index contributed by atoms with van der Waals surface area (Å²) in [5, 5.41) is 6.81. The number of hydrogen-bond donors (Lipinski definition) is 1. The fraction of sp³-hybridized carbons (Fsp3) is 0.125. The van der Waals surface area contributed by atoms with E-state index in [0.29, 0.717) is 6.54 Å². The number of benzene rings is 1. The zero-order valence-corrected chi connectivity index (χ0v) is 5.87. The van der Waals surface area contributed by atoms with Crippen LogP contribution in [-0.2, 0) is 4.79 Å². The molecule has 0 saturated heterocycles. The van der Waals surface area contributed by atoms with Gasteiger partial charge in [-0.05, 0) is 12.1 Å². The largest absolute Gasteiger partial charge is 0.374 e. The minimum absolute atomic E-state index is 0.108. The quantitative estimate of drug-likeness (QED) is 0.591. The number of carbonyl (C=O) groups is 1. The van der Waals surface area contributed by atoms with E-state index in [2.05, 4.69) is 10.6 Å². The molecule has 0 saturated carbocycles. The molecule has 1 aliphatic rings. The van der Waals surface area contributed by atoms with Crippen LogP contribution in [0.3, 0.4) is 0 Å². The van der Waals surface area contributed by atoms with Crippen molar-refractivity contribution in [2.24, 2.45) is 0 Å². The maximum Gasteiger partial charge on any atom is 0.265 e. The first-order valence-electron chi connectivity index (χ1n) is 3.44. The van der Waals surface area contributed by atoms with Gasteiger partial charge in [0.15, 0.2) is 0 Å². The van der Waals surface area contributed by atoms with Crippen LogP contribution in [0, 0.1) is 0 Å². The molecule has 3 heteroatoms. The second-order valence-electron chi connectivity index (χ2n) is 2.38. The van der Waals surface area contributed by atoms with Gasteiger partial charge in [-0.3, -0.25) is 4.79 Å². The summed E-state index contributed by atoms with van der Waals surface area (Å²) in [6.45, 7) is 0.316. The van der Waals surface area contributed by atoms with Crippen LogP contribution < -0.4 is 10.6 Å². The maximum atomic E-state index is 10.8. The molecule has 3 nitrogen and oxygen atoms in total. The summed E-state index contributed by atoms with van der Waals surface area (Å²) in [5.41, 5.74) is 1.68. The van der Waals surface area contributed by atoms with E-state index in [4.69, 9.17) is 0 Å². The average molecular weight is 147 g/mol. The molecule has 1 aromatic rings. The molecule has 0 fully saturated rings. The van der Waals surface area contributed by atoms with Crippen molar-refractivity contribution in [1.29, 1.82) is 0 Å². The van der Waals surface area contributed by atoms with Crippen molar-refractivity contribution in [3.8, 4) is 0 Å². The molecule has 1 aliphatic heterocycles. The van der Waals surface area contributed by atoms with Crippen LogP contribution in [0.15, 0.2) is 24.3 Å². The predicted octanol–water partition coefficient (Wildman–Crippen LogP) is 0.875. The van der Waals surface area contributed by atoms with Crippen LogP contribution in [0.4, 0.5) is 11.4 Å². The molecule has 0 spiro atoms. The number of para-hydroxylation sites is 2. The molecule has 1 radical (unpaired) electrons.